The van der Waals surface area contributed by atoms with Crippen molar-refractivity contribution in [3.8, 4) is 0 Å². The van der Waals surface area contributed by atoms with Gasteiger partial charge in [0.1, 0.15) is 6.10 Å². The van der Waals surface area contributed by atoms with Crippen molar-refractivity contribution in [2.75, 3.05) is 7.11 Å². The highest BCUT2D eigenvalue weighted by atomic mass is 127. The molecule has 142 valence electrons. The maximum absolute atomic E-state index is 10.4. The molecule has 2 aromatic rings. The van der Waals surface area contributed by atoms with Gasteiger partial charge in [0.15, 0.2) is 0 Å². The van der Waals surface area contributed by atoms with E-state index >= 15 is 0 Å². The topological polar surface area (TPSA) is 50.7 Å². The van der Waals surface area contributed by atoms with Crippen molar-refractivity contribution < 1.29 is 14.6 Å². The second-order valence-corrected chi connectivity index (χ2v) is 7.38. The van der Waals surface area contributed by atoms with Crippen LogP contribution in [0.3, 0.4) is 0 Å². The number of unbranched alkanes of at least 4 members (excludes halogenated alkanes) is 1. The summed E-state index contributed by atoms with van der Waals surface area (Å²) >= 11 is 2.31. The third kappa shape index (κ3) is 6.63. The van der Waals surface area contributed by atoms with Gasteiger partial charge >= 0.3 is 0 Å². The minimum atomic E-state index is -1.05. The van der Waals surface area contributed by atoms with E-state index in [0.29, 0.717) is 6.54 Å². The van der Waals surface area contributed by atoms with E-state index < -0.39 is 6.41 Å². The second-order valence-electron chi connectivity index (χ2n) is 6.21. The Morgan fingerprint density at radius 1 is 1.08 bits per heavy atom. The van der Waals surface area contributed by atoms with Gasteiger partial charge in [0.05, 0.1) is 6.10 Å². The molecule has 0 radical (unpaired) electrons. The largest absolute Gasteiger partial charge is 0.374 e. The van der Waals surface area contributed by atoms with Gasteiger partial charge in [0.25, 0.3) is 0 Å². The maximum Gasteiger partial charge on any atom is 0.214 e. The van der Waals surface area contributed by atoms with Gasteiger partial charge in [-0.15, -0.1) is 0 Å². The van der Waals surface area contributed by atoms with E-state index in [4.69, 9.17) is 9.47 Å². The van der Waals surface area contributed by atoms with Crippen molar-refractivity contribution in [2.45, 2.75) is 51.4 Å². The summed E-state index contributed by atoms with van der Waals surface area (Å²) in [4.78, 5) is 0. The molecule has 0 heterocycles. The predicted octanol–water partition coefficient (Wildman–Crippen LogP) is 4.62. The Balaban J connectivity index is 2.03. The summed E-state index contributed by atoms with van der Waals surface area (Å²) in [5.41, 5.74) is 2.19. The average molecular weight is 469 g/mol. The quantitative estimate of drug-likeness (QED) is 0.373. The van der Waals surface area contributed by atoms with Crippen LogP contribution in [0.25, 0.3) is 0 Å². The molecule has 0 amide bonds. The van der Waals surface area contributed by atoms with Crippen molar-refractivity contribution >= 4 is 22.6 Å². The fourth-order valence-electron chi connectivity index (χ4n) is 2.90. The molecule has 0 aliphatic heterocycles. The van der Waals surface area contributed by atoms with Crippen LogP contribution in [-0.2, 0) is 16.0 Å². The van der Waals surface area contributed by atoms with Gasteiger partial charge in [0, 0.05) is 17.2 Å². The molecule has 0 aliphatic rings. The van der Waals surface area contributed by atoms with Crippen LogP contribution in [0.5, 0.6) is 0 Å². The number of halogens is 1. The SMILES string of the molecule is CCCC[C@H](OC(O)NCc1ccccc1)[C@@H](OC)c1ccccc1I. The molecule has 0 fully saturated rings. The summed E-state index contributed by atoms with van der Waals surface area (Å²) in [6, 6.07) is 18.1. The molecule has 2 rings (SSSR count). The van der Waals surface area contributed by atoms with Crippen LogP contribution >= 0.6 is 22.6 Å². The molecule has 0 aromatic heterocycles. The molecular weight excluding hydrogens is 441 g/mol. The lowest BCUT2D eigenvalue weighted by atomic mass is 10.00. The summed E-state index contributed by atoms with van der Waals surface area (Å²) < 4.78 is 12.9. The fourth-order valence-corrected chi connectivity index (χ4v) is 3.59. The van der Waals surface area contributed by atoms with Crippen LogP contribution < -0.4 is 5.32 Å². The standard InChI is InChI=1S/C21H28INO3/c1-3-4-14-19(20(25-2)17-12-8-9-13-18(17)22)26-21(24)23-15-16-10-6-5-7-11-16/h5-13,19-21,23-24H,3-4,14-15H2,1-2H3/t19-,20-,21?/m0/s1. The van der Waals surface area contributed by atoms with Crippen molar-refractivity contribution in [3.63, 3.8) is 0 Å². The van der Waals surface area contributed by atoms with Crippen LogP contribution in [0.15, 0.2) is 54.6 Å². The number of methoxy groups -OCH3 is 1. The van der Waals surface area contributed by atoms with Crippen LogP contribution in [0.1, 0.15) is 43.4 Å². The molecule has 0 aliphatic carbocycles. The van der Waals surface area contributed by atoms with E-state index in [0.717, 1.165) is 34.0 Å². The van der Waals surface area contributed by atoms with Crippen LogP contribution in [0.4, 0.5) is 0 Å². The van der Waals surface area contributed by atoms with Crippen LogP contribution in [0, 0.1) is 3.57 Å². The Labute approximate surface area is 170 Å². The van der Waals surface area contributed by atoms with Gasteiger partial charge in [-0.3, -0.25) is 5.32 Å². The normalized spacial score (nSPS) is 14.8. The number of benzene rings is 2. The molecule has 5 heteroatoms. The fraction of sp³-hybridized carbons (Fsp3) is 0.429. The van der Waals surface area contributed by atoms with Crippen molar-refractivity contribution in [3.05, 3.63) is 69.3 Å². The first-order valence-corrected chi connectivity index (χ1v) is 10.1. The zero-order valence-corrected chi connectivity index (χ0v) is 17.6. The van der Waals surface area contributed by atoms with E-state index in [2.05, 4.69) is 47.0 Å². The van der Waals surface area contributed by atoms with Gasteiger partial charge in [-0.1, -0.05) is 68.3 Å². The van der Waals surface area contributed by atoms with E-state index in [1.54, 1.807) is 7.11 Å². The highest BCUT2D eigenvalue weighted by Gasteiger charge is 2.27. The third-order valence-electron chi connectivity index (χ3n) is 4.27. The van der Waals surface area contributed by atoms with Gasteiger partial charge in [-0.2, -0.15) is 0 Å². The molecule has 2 aromatic carbocycles. The Morgan fingerprint density at radius 3 is 2.42 bits per heavy atom. The number of hydrogen-bond acceptors (Lipinski definition) is 4. The number of aliphatic hydroxyl groups excluding tert-OH is 1. The molecule has 0 spiro atoms. The van der Waals surface area contributed by atoms with E-state index in [1.165, 1.54) is 0 Å². The molecule has 0 saturated carbocycles. The summed E-state index contributed by atoms with van der Waals surface area (Å²) in [6.45, 7) is 2.69. The monoisotopic (exact) mass is 469 g/mol. The first-order valence-electron chi connectivity index (χ1n) is 9.03. The summed E-state index contributed by atoms with van der Waals surface area (Å²) in [7, 11) is 1.69. The lowest BCUT2D eigenvalue weighted by Gasteiger charge is -2.29. The number of nitrogens with one attached hydrogen (secondary N) is 1. The highest BCUT2D eigenvalue weighted by Crippen LogP contribution is 2.30. The molecule has 3 atom stereocenters. The smallest absolute Gasteiger partial charge is 0.214 e. The number of ether oxygens (including phenoxy) is 2. The van der Waals surface area contributed by atoms with Gasteiger partial charge in [-0.25, -0.2) is 0 Å². The summed E-state index contributed by atoms with van der Waals surface area (Å²) in [6.07, 6.45) is 1.41. The maximum atomic E-state index is 10.4. The molecule has 1 unspecified atom stereocenters. The third-order valence-corrected chi connectivity index (χ3v) is 5.26. The molecule has 0 saturated heterocycles. The lowest BCUT2D eigenvalue weighted by Crippen LogP contribution is -2.37. The van der Waals surface area contributed by atoms with Gasteiger partial charge in [0.2, 0.25) is 6.41 Å². The number of aliphatic hydroxyl groups is 1. The van der Waals surface area contributed by atoms with E-state index in [9.17, 15) is 5.11 Å². The van der Waals surface area contributed by atoms with E-state index in [-0.39, 0.29) is 12.2 Å². The van der Waals surface area contributed by atoms with Crippen molar-refractivity contribution in [1.82, 2.24) is 5.32 Å². The van der Waals surface area contributed by atoms with Crippen molar-refractivity contribution in [1.29, 1.82) is 0 Å². The number of hydrogen-bond donors (Lipinski definition) is 2. The highest BCUT2D eigenvalue weighted by molar-refractivity contribution is 14.1. The minimum absolute atomic E-state index is 0.220. The van der Waals surface area contributed by atoms with Crippen LogP contribution in [-0.4, -0.2) is 24.7 Å². The van der Waals surface area contributed by atoms with E-state index in [1.807, 2.05) is 42.5 Å². The molecule has 0 bridgehead atoms. The Bertz CT molecular complexity index is 638. The molecule has 2 N–H and O–H groups in total. The predicted molar refractivity (Wildman–Crippen MR) is 113 cm³/mol. The Hall–Kier alpha value is -0.990. The first kappa shape index (κ1) is 21.3. The van der Waals surface area contributed by atoms with Gasteiger partial charge in [-0.05, 0) is 46.2 Å². The zero-order chi connectivity index (χ0) is 18.8. The second kappa shape index (κ2) is 11.7. The minimum Gasteiger partial charge on any atom is -0.374 e. The zero-order valence-electron chi connectivity index (χ0n) is 15.4. The molecule has 26 heavy (non-hydrogen) atoms. The average Bonchev–Trinajstić information content (AvgIpc) is 2.67. The summed E-state index contributed by atoms with van der Waals surface area (Å²) in [5, 5.41) is 13.4. The van der Waals surface area contributed by atoms with Crippen LogP contribution in [0.2, 0.25) is 0 Å². The number of rotatable bonds is 11. The molecule has 4 nitrogen and oxygen atoms in total. The Morgan fingerprint density at radius 2 is 1.77 bits per heavy atom. The lowest BCUT2D eigenvalue weighted by molar-refractivity contribution is -0.188. The van der Waals surface area contributed by atoms with Crippen molar-refractivity contribution in [2.24, 2.45) is 0 Å². The summed E-state index contributed by atoms with van der Waals surface area (Å²) in [5.74, 6) is 0. The first-order chi connectivity index (χ1) is 12.7. The molecular formula is C21H28INO3. The Kier molecular flexibility index (Phi) is 9.56. The van der Waals surface area contributed by atoms with Gasteiger partial charge < -0.3 is 14.6 Å².